The van der Waals surface area contributed by atoms with E-state index in [1.165, 1.54) is 23.5 Å². The summed E-state index contributed by atoms with van der Waals surface area (Å²) in [5.41, 5.74) is 2.04. The van der Waals surface area contributed by atoms with Crippen LogP contribution in [0.2, 0.25) is 0 Å². The Morgan fingerprint density at radius 2 is 1.96 bits per heavy atom. The Morgan fingerprint density at radius 1 is 1.28 bits per heavy atom. The summed E-state index contributed by atoms with van der Waals surface area (Å²) in [4.78, 5) is 17.0. The van der Waals surface area contributed by atoms with E-state index in [1.807, 2.05) is 13.0 Å². The fourth-order valence-electron chi connectivity index (χ4n) is 3.43. The molecule has 1 N–H and O–H groups in total. The van der Waals surface area contributed by atoms with Crippen molar-refractivity contribution in [1.29, 1.82) is 0 Å². The van der Waals surface area contributed by atoms with Gasteiger partial charge in [-0.05, 0) is 68.6 Å². The molecule has 0 unspecified atom stereocenters. The second-order valence-corrected chi connectivity index (χ2v) is 7.66. The van der Waals surface area contributed by atoms with Gasteiger partial charge in [-0.2, -0.15) is 0 Å². The monoisotopic (exact) mass is 360 g/mol. The molecule has 1 amide bonds. The van der Waals surface area contributed by atoms with Gasteiger partial charge in [0.25, 0.3) is 5.91 Å². The zero-order chi connectivity index (χ0) is 17.8. The fourth-order valence-corrected chi connectivity index (χ4v) is 4.56. The van der Waals surface area contributed by atoms with Crippen molar-refractivity contribution >= 4 is 17.2 Å². The lowest BCUT2D eigenvalue weighted by Gasteiger charge is -2.34. The van der Waals surface area contributed by atoms with Gasteiger partial charge >= 0.3 is 0 Å². The maximum atomic E-state index is 13.2. The molecule has 0 bridgehead atoms. The summed E-state index contributed by atoms with van der Waals surface area (Å²) >= 11 is 1.52. The first kappa shape index (κ1) is 18.1. The van der Waals surface area contributed by atoms with Crippen LogP contribution in [-0.2, 0) is 0 Å². The quantitative estimate of drug-likeness (QED) is 0.853. The molecular weight excluding hydrogens is 335 g/mol. The average molecular weight is 360 g/mol. The van der Waals surface area contributed by atoms with Crippen molar-refractivity contribution in [3.63, 3.8) is 0 Å². The summed E-state index contributed by atoms with van der Waals surface area (Å²) in [6.45, 7) is 6.88. The van der Waals surface area contributed by atoms with Crippen LogP contribution in [0.1, 0.15) is 41.4 Å². The van der Waals surface area contributed by atoms with Gasteiger partial charge in [-0.3, -0.25) is 4.79 Å². The van der Waals surface area contributed by atoms with Crippen LogP contribution in [0.25, 0.3) is 10.4 Å². The van der Waals surface area contributed by atoms with Gasteiger partial charge < -0.3 is 10.2 Å². The van der Waals surface area contributed by atoms with Crippen molar-refractivity contribution in [2.24, 2.45) is 0 Å². The summed E-state index contributed by atoms with van der Waals surface area (Å²) in [6.07, 6.45) is 2.99. The number of piperidine rings is 1. The summed E-state index contributed by atoms with van der Waals surface area (Å²) in [5, 5.41) is 3.36. The van der Waals surface area contributed by atoms with Crippen LogP contribution in [0.3, 0.4) is 0 Å². The molecule has 3 nitrogen and oxygen atoms in total. The Morgan fingerprint density at radius 3 is 2.60 bits per heavy atom. The number of nitrogens with zero attached hydrogens (tertiary/aromatic N) is 1. The van der Waals surface area contributed by atoms with Crippen LogP contribution in [0.4, 0.5) is 4.39 Å². The number of aryl methyl sites for hydroxylation is 1. The molecule has 1 fully saturated rings. The molecular formula is C20H25FN2OS. The Balaban J connectivity index is 1.85. The minimum atomic E-state index is -0.241. The number of hydrogen-bond acceptors (Lipinski definition) is 3. The molecule has 0 saturated carbocycles. The molecule has 134 valence electrons. The molecule has 1 aliphatic heterocycles. The summed E-state index contributed by atoms with van der Waals surface area (Å²) in [5.74, 6) is -0.107. The highest BCUT2D eigenvalue weighted by molar-refractivity contribution is 7.17. The van der Waals surface area contributed by atoms with Gasteiger partial charge in [0, 0.05) is 17.5 Å². The highest BCUT2D eigenvalue weighted by Gasteiger charge is 2.27. The first-order valence-electron chi connectivity index (χ1n) is 8.98. The number of carbonyl (C=O) groups excluding carboxylic acids is 1. The van der Waals surface area contributed by atoms with E-state index in [4.69, 9.17) is 0 Å². The smallest absolute Gasteiger partial charge is 0.264 e. The van der Waals surface area contributed by atoms with Crippen LogP contribution in [0.5, 0.6) is 0 Å². The third-order valence-corrected chi connectivity index (χ3v) is 5.98. The highest BCUT2D eigenvalue weighted by Crippen LogP contribution is 2.33. The van der Waals surface area contributed by atoms with Crippen LogP contribution >= 0.6 is 11.3 Å². The molecule has 0 radical (unpaired) electrons. The fraction of sp³-hybridized carbons (Fsp3) is 0.450. The molecule has 25 heavy (non-hydrogen) atoms. The minimum Gasteiger partial charge on any atom is -0.335 e. The summed E-state index contributed by atoms with van der Waals surface area (Å²) in [7, 11) is 0. The van der Waals surface area contributed by atoms with Crippen molar-refractivity contribution in [2.75, 3.05) is 19.6 Å². The van der Waals surface area contributed by atoms with Crippen molar-refractivity contribution in [1.82, 2.24) is 10.2 Å². The van der Waals surface area contributed by atoms with Crippen LogP contribution in [0.15, 0.2) is 30.3 Å². The molecule has 1 aliphatic rings. The number of rotatable bonds is 5. The van der Waals surface area contributed by atoms with Crippen LogP contribution < -0.4 is 5.32 Å². The summed E-state index contributed by atoms with van der Waals surface area (Å²) in [6, 6.07) is 8.79. The number of hydrogen-bond donors (Lipinski definition) is 1. The molecule has 2 aromatic rings. The minimum absolute atomic E-state index is 0.134. The van der Waals surface area contributed by atoms with Crippen molar-refractivity contribution in [3.05, 3.63) is 46.6 Å². The number of nitrogens with one attached hydrogen (secondary N) is 1. The lowest BCUT2D eigenvalue weighted by molar-refractivity contribution is 0.0647. The number of carbonyl (C=O) groups is 1. The second kappa shape index (κ2) is 8.11. The van der Waals surface area contributed by atoms with Gasteiger partial charge in [-0.1, -0.05) is 19.1 Å². The van der Waals surface area contributed by atoms with E-state index in [1.54, 1.807) is 12.1 Å². The van der Waals surface area contributed by atoms with E-state index in [-0.39, 0.29) is 11.7 Å². The Kier molecular flexibility index (Phi) is 5.86. The maximum Gasteiger partial charge on any atom is 0.264 e. The number of benzene rings is 1. The van der Waals surface area contributed by atoms with E-state index in [9.17, 15) is 9.18 Å². The Labute approximate surface area is 152 Å². The standard InChI is InChI=1S/C20H25FN2OS/c1-3-12-23(17-8-10-22-11-9-17)20(24)18-13-14(2)19(25-18)15-4-6-16(21)7-5-15/h4-7,13,17,22H,3,8-12H2,1-2H3. The number of halogens is 1. The normalized spacial score (nSPS) is 15.3. The average Bonchev–Trinajstić information content (AvgIpc) is 3.02. The largest absolute Gasteiger partial charge is 0.335 e. The van der Waals surface area contributed by atoms with Crippen molar-refractivity contribution in [3.8, 4) is 10.4 Å². The molecule has 1 aromatic carbocycles. The molecule has 2 heterocycles. The van der Waals surface area contributed by atoms with Crippen LogP contribution in [-0.4, -0.2) is 36.5 Å². The molecule has 5 heteroatoms. The van der Waals surface area contributed by atoms with Crippen molar-refractivity contribution in [2.45, 2.75) is 39.2 Å². The Bertz CT molecular complexity index is 720. The Hall–Kier alpha value is -1.72. The van der Waals surface area contributed by atoms with Gasteiger partial charge in [0.2, 0.25) is 0 Å². The zero-order valence-electron chi connectivity index (χ0n) is 14.8. The third-order valence-electron chi connectivity index (χ3n) is 4.71. The van der Waals surface area contributed by atoms with Gasteiger partial charge in [-0.25, -0.2) is 4.39 Å². The third kappa shape index (κ3) is 4.10. The predicted molar refractivity (Wildman–Crippen MR) is 102 cm³/mol. The number of thiophene rings is 1. The lowest BCUT2D eigenvalue weighted by atomic mass is 10.0. The molecule has 3 rings (SSSR count). The first-order valence-corrected chi connectivity index (χ1v) is 9.80. The molecule has 1 aromatic heterocycles. The van der Waals surface area contributed by atoms with Gasteiger partial charge in [0.05, 0.1) is 4.88 Å². The maximum absolute atomic E-state index is 13.2. The van der Waals surface area contributed by atoms with E-state index < -0.39 is 0 Å². The predicted octanol–water partition coefficient (Wildman–Crippen LogP) is 4.47. The number of amides is 1. The molecule has 0 aliphatic carbocycles. The first-order chi connectivity index (χ1) is 12.1. The second-order valence-electron chi connectivity index (χ2n) is 6.61. The molecule has 0 spiro atoms. The van der Waals surface area contributed by atoms with Gasteiger partial charge in [0.1, 0.15) is 5.82 Å². The van der Waals surface area contributed by atoms with Gasteiger partial charge in [-0.15, -0.1) is 11.3 Å². The zero-order valence-corrected chi connectivity index (χ0v) is 15.7. The molecule has 1 saturated heterocycles. The van der Waals surface area contributed by atoms with Gasteiger partial charge in [0.15, 0.2) is 0 Å². The van der Waals surface area contributed by atoms with E-state index in [0.717, 1.165) is 59.8 Å². The van der Waals surface area contributed by atoms with E-state index in [2.05, 4.69) is 17.1 Å². The van der Waals surface area contributed by atoms with Crippen LogP contribution in [0, 0.1) is 12.7 Å². The lowest BCUT2D eigenvalue weighted by Crippen LogP contribution is -2.46. The summed E-state index contributed by atoms with van der Waals surface area (Å²) < 4.78 is 13.2. The topological polar surface area (TPSA) is 32.3 Å². The SMILES string of the molecule is CCCN(C(=O)c1cc(C)c(-c2ccc(F)cc2)s1)C1CCNCC1. The van der Waals surface area contributed by atoms with E-state index in [0.29, 0.717) is 6.04 Å². The highest BCUT2D eigenvalue weighted by atomic mass is 32.1. The van der Waals surface area contributed by atoms with Crippen molar-refractivity contribution < 1.29 is 9.18 Å². The van der Waals surface area contributed by atoms with E-state index >= 15 is 0 Å². The molecule has 0 atom stereocenters.